The van der Waals surface area contributed by atoms with Crippen molar-refractivity contribution in [1.29, 1.82) is 0 Å². The van der Waals surface area contributed by atoms with Crippen LogP contribution in [0.1, 0.15) is 29.7 Å². The van der Waals surface area contributed by atoms with Gasteiger partial charge in [0.1, 0.15) is 5.82 Å². The summed E-state index contributed by atoms with van der Waals surface area (Å²) in [7, 11) is 1.91. The van der Waals surface area contributed by atoms with Crippen molar-refractivity contribution in [3.63, 3.8) is 0 Å². The Balaban J connectivity index is 2.37. The van der Waals surface area contributed by atoms with Crippen LogP contribution in [0.4, 0.5) is 4.39 Å². The molecule has 1 nitrogen and oxygen atoms in total. The van der Waals surface area contributed by atoms with E-state index in [2.05, 4.69) is 52.4 Å². The number of nitrogens with one attached hydrogen (secondary N) is 1. The fourth-order valence-corrected chi connectivity index (χ4v) is 2.76. The Morgan fingerprint density at radius 1 is 1.16 bits per heavy atom. The van der Waals surface area contributed by atoms with Crippen LogP contribution >= 0.6 is 15.9 Å². The smallest absolute Gasteiger partial charge is 0.124 e. The largest absolute Gasteiger partial charge is 0.309 e. The molecule has 1 atom stereocenters. The molecular weight excluding hydrogens is 305 g/mol. The summed E-state index contributed by atoms with van der Waals surface area (Å²) in [5.74, 6) is -0.230. The summed E-state index contributed by atoms with van der Waals surface area (Å²) in [6, 6.07) is 13.4. The average Bonchev–Trinajstić information content (AvgIpc) is 2.42. The zero-order valence-electron chi connectivity index (χ0n) is 11.1. The maximum Gasteiger partial charge on any atom is 0.124 e. The number of hydrogen-bond acceptors (Lipinski definition) is 1. The summed E-state index contributed by atoms with van der Waals surface area (Å²) in [6.07, 6.45) is 1.03. The SMILES string of the molecule is CCc1ccc(C(NC)c2ccc(F)cc2Br)cc1. The second-order valence-corrected chi connectivity index (χ2v) is 5.34. The van der Waals surface area contributed by atoms with E-state index in [9.17, 15) is 4.39 Å². The molecule has 0 aliphatic carbocycles. The highest BCUT2D eigenvalue weighted by Gasteiger charge is 2.15. The number of halogens is 2. The minimum absolute atomic E-state index is 0.0564. The molecule has 0 saturated carbocycles. The monoisotopic (exact) mass is 321 g/mol. The predicted octanol–water partition coefficient (Wildman–Crippen LogP) is 4.46. The quantitative estimate of drug-likeness (QED) is 0.876. The maximum atomic E-state index is 13.2. The van der Waals surface area contributed by atoms with Crippen LogP contribution < -0.4 is 5.32 Å². The van der Waals surface area contributed by atoms with Gasteiger partial charge in [-0.1, -0.05) is 53.2 Å². The molecule has 2 aromatic carbocycles. The van der Waals surface area contributed by atoms with Gasteiger partial charge in [-0.25, -0.2) is 4.39 Å². The van der Waals surface area contributed by atoms with Crippen LogP contribution in [0.25, 0.3) is 0 Å². The highest BCUT2D eigenvalue weighted by Crippen LogP contribution is 2.29. The van der Waals surface area contributed by atoms with E-state index in [0.29, 0.717) is 0 Å². The topological polar surface area (TPSA) is 12.0 Å². The summed E-state index contributed by atoms with van der Waals surface area (Å²) < 4.78 is 13.9. The molecule has 100 valence electrons. The Labute approximate surface area is 122 Å². The van der Waals surface area contributed by atoms with Crippen molar-refractivity contribution in [2.45, 2.75) is 19.4 Å². The molecule has 0 radical (unpaired) electrons. The van der Waals surface area contributed by atoms with Gasteiger partial charge in [0.25, 0.3) is 0 Å². The van der Waals surface area contributed by atoms with Crippen LogP contribution in [0.5, 0.6) is 0 Å². The first-order valence-electron chi connectivity index (χ1n) is 6.36. The lowest BCUT2D eigenvalue weighted by molar-refractivity contribution is 0.621. The normalized spacial score (nSPS) is 12.4. The van der Waals surface area contributed by atoms with E-state index in [1.807, 2.05) is 13.1 Å². The molecule has 0 heterocycles. The Morgan fingerprint density at radius 2 is 1.84 bits per heavy atom. The van der Waals surface area contributed by atoms with E-state index in [4.69, 9.17) is 0 Å². The molecule has 0 aromatic heterocycles. The summed E-state index contributed by atoms with van der Waals surface area (Å²) >= 11 is 3.43. The van der Waals surface area contributed by atoms with Crippen molar-refractivity contribution in [1.82, 2.24) is 5.32 Å². The van der Waals surface area contributed by atoms with Crippen molar-refractivity contribution in [2.24, 2.45) is 0 Å². The molecule has 0 amide bonds. The van der Waals surface area contributed by atoms with E-state index >= 15 is 0 Å². The van der Waals surface area contributed by atoms with E-state index in [0.717, 1.165) is 16.5 Å². The first-order valence-corrected chi connectivity index (χ1v) is 7.16. The Bertz CT molecular complexity index is 551. The van der Waals surface area contributed by atoms with Gasteiger partial charge in [-0.2, -0.15) is 0 Å². The van der Waals surface area contributed by atoms with E-state index in [1.165, 1.54) is 23.3 Å². The standard InChI is InChI=1S/C16H17BrFN/c1-3-11-4-6-12(7-5-11)16(19-2)14-9-8-13(18)10-15(14)17/h4-10,16,19H,3H2,1-2H3. The molecule has 0 aliphatic heterocycles. The number of rotatable bonds is 4. The number of benzene rings is 2. The van der Waals surface area contributed by atoms with Gasteiger partial charge < -0.3 is 5.32 Å². The summed E-state index contributed by atoms with van der Waals surface area (Å²) in [6.45, 7) is 2.14. The van der Waals surface area contributed by atoms with E-state index < -0.39 is 0 Å². The fraction of sp³-hybridized carbons (Fsp3) is 0.250. The minimum atomic E-state index is -0.230. The molecular formula is C16H17BrFN. The Kier molecular flexibility index (Phi) is 4.72. The molecule has 0 aliphatic rings. The van der Waals surface area contributed by atoms with Crippen LogP contribution in [-0.4, -0.2) is 7.05 Å². The van der Waals surface area contributed by atoms with Crippen LogP contribution in [0.2, 0.25) is 0 Å². The molecule has 3 heteroatoms. The highest BCUT2D eigenvalue weighted by atomic mass is 79.9. The molecule has 1 unspecified atom stereocenters. The van der Waals surface area contributed by atoms with Crippen molar-refractivity contribution >= 4 is 15.9 Å². The van der Waals surface area contributed by atoms with Gasteiger partial charge in [0.2, 0.25) is 0 Å². The minimum Gasteiger partial charge on any atom is -0.309 e. The second kappa shape index (κ2) is 6.31. The molecule has 2 aromatic rings. The predicted molar refractivity (Wildman–Crippen MR) is 80.8 cm³/mol. The van der Waals surface area contributed by atoms with Gasteiger partial charge in [0.15, 0.2) is 0 Å². The van der Waals surface area contributed by atoms with Gasteiger partial charge in [-0.15, -0.1) is 0 Å². The van der Waals surface area contributed by atoms with Gasteiger partial charge >= 0.3 is 0 Å². The van der Waals surface area contributed by atoms with Gasteiger partial charge in [0, 0.05) is 4.47 Å². The first kappa shape index (κ1) is 14.2. The number of aryl methyl sites for hydroxylation is 1. The lowest BCUT2D eigenvalue weighted by Gasteiger charge is -2.19. The zero-order valence-corrected chi connectivity index (χ0v) is 12.7. The lowest BCUT2D eigenvalue weighted by Crippen LogP contribution is -2.18. The van der Waals surface area contributed by atoms with Crippen molar-refractivity contribution in [2.75, 3.05) is 7.05 Å². The van der Waals surface area contributed by atoms with Crippen LogP contribution in [0.15, 0.2) is 46.9 Å². The Hall–Kier alpha value is -1.19. The van der Waals surface area contributed by atoms with Crippen LogP contribution in [-0.2, 0) is 6.42 Å². The molecule has 0 fully saturated rings. The summed E-state index contributed by atoms with van der Waals surface area (Å²) in [4.78, 5) is 0. The van der Waals surface area contributed by atoms with Crippen molar-refractivity contribution < 1.29 is 4.39 Å². The molecule has 19 heavy (non-hydrogen) atoms. The fourth-order valence-electron chi connectivity index (χ4n) is 2.18. The van der Waals surface area contributed by atoms with Crippen molar-refractivity contribution in [3.8, 4) is 0 Å². The molecule has 0 bridgehead atoms. The van der Waals surface area contributed by atoms with Crippen LogP contribution in [0, 0.1) is 5.82 Å². The highest BCUT2D eigenvalue weighted by molar-refractivity contribution is 9.10. The van der Waals surface area contributed by atoms with Gasteiger partial charge in [0.05, 0.1) is 6.04 Å². The average molecular weight is 322 g/mol. The first-order chi connectivity index (χ1) is 9.15. The number of hydrogen-bond donors (Lipinski definition) is 1. The second-order valence-electron chi connectivity index (χ2n) is 4.48. The summed E-state index contributed by atoms with van der Waals surface area (Å²) in [5, 5.41) is 3.28. The van der Waals surface area contributed by atoms with Gasteiger partial charge in [-0.3, -0.25) is 0 Å². The third-order valence-corrected chi connectivity index (χ3v) is 3.97. The van der Waals surface area contributed by atoms with E-state index in [1.54, 1.807) is 0 Å². The molecule has 2 rings (SSSR count). The third kappa shape index (κ3) is 3.23. The van der Waals surface area contributed by atoms with E-state index in [-0.39, 0.29) is 11.9 Å². The Morgan fingerprint density at radius 3 is 2.37 bits per heavy atom. The van der Waals surface area contributed by atoms with Crippen molar-refractivity contribution in [3.05, 3.63) is 69.4 Å². The molecule has 1 N–H and O–H groups in total. The molecule has 0 spiro atoms. The zero-order chi connectivity index (χ0) is 13.8. The third-order valence-electron chi connectivity index (χ3n) is 3.28. The molecule has 0 saturated heterocycles. The van der Waals surface area contributed by atoms with Crippen LogP contribution in [0.3, 0.4) is 0 Å². The summed E-state index contributed by atoms with van der Waals surface area (Å²) in [5.41, 5.74) is 3.52. The van der Waals surface area contributed by atoms with Gasteiger partial charge in [-0.05, 0) is 42.3 Å². The lowest BCUT2D eigenvalue weighted by atomic mass is 9.97. The maximum absolute atomic E-state index is 13.2.